The largest absolute Gasteiger partial charge is 0.435 e. The highest BCUT2D eigenvalue weighted by atomic mass is 32.2. The lowest BCUT2D eigenvalue weighted by Gasteiger charge is -2.19. The minimum atomic E-state index is 0.801. The van der Waals surface area contributed by atoms with E-state index in [-0.39, 0.29) is 0 Å². The van der Waals surface area contributed by atoms with Crippen LogP contribution < -0.4 is 0 Å². The molecule has 4 heteroatoms. The van der Waals surface area contributed by atoms with Crippen LogP contribution in [0.15, 0.2) is 9.64 Å². The van der Waals surface area contributed by atoms with Crippen LogP contribution in [0, 0.1) is 0 Å². The van der Waals surface area contributed by atoms with E-state index in [1.807, 2.05) is 6.26 Å². The maximum absolute atomic E-state index is 5.54. The van der Waals surface area contributed by atoms with E-state index in [1.165, 1.54) is 0 Å². The van der Waals surface area contributed by atoms with E-state index in [9.17, 15) is 0 Å². The van der Waals surface area contributed by atoms with Crippen LogP contribution >= 0.6 is 11.8 Å². The molecule has 0 unspecified atom stereocenters. The summed E-state index contributed by atoms with van der Waals surface area (Å²) in [6, 6.07) is 0. The van der Waals surface area contributed by atoms with Crippen LogP contribution in [-0.2, 0) is 13.0 Å². The standard InChI is InChI=1S/C8H12N2OS/c1-10-4-3-6-7(5-10)11-8(9-6)12-2/h3-5H2,1-2H3. The predicted octanol–water partition coefficient (Wildman–Crippen LogP) is 1.38. The van der Waals surface area contributed by atoms with Crippen LogP contribution in [0.25, 0.3) is 0 Å². The second-order valence-electron chi connectivity index (χ2n) is 3.04. The summed E-state index contributed by atoms with van der Waals surface area (Å²) in [5.74, 6) is 1.05. The second-order valence-corrected chi connectivity index (χ2v) is 3.80. The molecule has 0 amide bonds. The number of nitrogens with zero attached hydrogens (tertiary/aromatic N) is 2. The first kappa shape index (κ1) is 8.13. The Hall–Kier alpha value is -0.480. The van der Waals surface area contributed by atoms with Crippen LogP contribution in [0.1, 0.15) is 11.5 Å². The van der Waals surface area contributed by atoms with Crippen LogP contribution in [0.4, 0.5) is 0 Å². The maximum atomic E-state index is 5.54. The normalized spacial score (nSPS) is 17.8. The fourth-order valence-electron chi connectivity index (χ4n) is 1.39. The molecule has 0 spiro atoms. The van der Waals surface area contributed by atoms with Gasteiger partial charge in [0.15, 0.2) is 0 Å². The highest BCUT2D eigenvalue weighted by Gasteiger charge is 2.19. The summed E-state index contributed by atoms with van der Waals surface area (Å²) in [7, 11) is 2.10. The molecule has 0 fully saturated rings. The van der Waals surface area contributed by atoms with E-state index in [0.717, 1.165) is 36.2 Å². The molecule has 1 aromatic rings. The van der Waals surface area contributed by atoms with E-state index < -0.39 is 0 Å². The minimum absolute atomic E-state index is 0.801. The van der Waals surface area contributed by atoms with Gasteiger partial charge in [-0.15, -0.1) is 0 Å². The van der Waals surface area contributed by atoms with Gasteiger partial charge < -0.3 is 4.42 Å². The maximum Gasteiger partial charge on any atom is 0.255 e. The monoisotopic (exact) mass is 184 g/mol. The Morgan fingerprint density at radius 2 is 2.42 bits per heavy atom. The number of fused-ring (bicyclic) bond motifs is 1. The Morgan fingerprint density at radius 3 is 3.17 bits per heavy atom. The van der Waals surface area contributed by atoms with Crippen molar-refractivity contribution in [3.8, 4) is 0 Å². The average molecular weight is 184 g/mol. The number of hydrogen-bond acceptors (Lipinski definition) is 4. The molecule has 0 aliphatic carbocycles. The number of oxazole rings is 1. The Kier molecular flexibility index (Phi) is 2.11. The fraction of sp³-hybridized carbons (Fsp3) is 0.625. The van der Waals surface area contributed by atoms with Crippen molar-refractivity contribution in [2.75, 3.05) is 19.8 Å². The van der Waals surface area contributed by atoms with Gasteiger partial charge in [-0.2, -0.15) is 0 Å². The lowest BCUT2D eigenvalue weighted by molar-refractivity contribution is 0.267. The zero-order valence-corrected chi connectivity index (χ0v) is 8.15. The molecule has 3 nitrogen and oxygen atoms in total. The first-order valence-electron chi connectivity index (χ1n) is 4.00. The van der Waals surface area contributed by atoms with Crippen molar-refractivity contribution in [3.05, 3.63) is 11.5 Å². The molecule has 0 atom stereocenters. The quantitative estimate of drug-likeness (QED) is 0.617. The molecule has 2 rings (SSSR count). The summed E-state index contributed by atoms with van der Waals surface area (Å²) >= 11 is 1.57. The van der Waals surface area contributed by atoms with Gasteiger partial charge in [0.05, 0.1) is 12.2 Å². The summed E-state index contributed by atoms with van der Waals surface area (Å²) < 4.78 is 5.54. The van der Waals surface area contributed by atoms with Gasteiger partial charge in [0, 0.05) is 13.0 Å². The SMILES string of the molecule is CSc1nc2c(o1)CN(C)CC2. The van der Waals surface area contributed by atoms with Crippen LogP contribution in [0.5, 0.6) is 0 Å². The molecule has 0 radical (unpaired) electrons. The fourth-order valence-corrected chi connectivity index (χ4v) is 1.77. The first-order chi connectivity index (χ1) is 5.79. The Balaban J connectivity index is 2.28. The summed E-state index contributed by atoms with van der Waals surface area (Å²) in [4.78, 5) is 6.62. The predicted molar refractivity (Wildman–Crippen MR) is 48.3 cm³/mol. The minimum Gasteiger partial charge on any atom is -0.435 e. The molecular formula is C8H12N2OS. The molecule has 1 aliphatic heterocycles. The second kappa shape index (κ2) is 3.11. The molecule has 1 aromatic heterocycles. The summed E-state index contributed by atoms with van der Waals surface area (Å²) in [6.07, 6.45) is 3.01. The highest BCUT2D eigenvalue weighted by Crippen LogP contribution is 2.23. The lowest BCUT2D eigenvalue weighted by Crippen LogP contribution is -2.25. The summed E-state index contributed by atoms with van der Waals surface area (Å²) in [6.45, 7) is 2.00. The average Bonchev–Trinajstić information content (AvgIpc) is 2.46. The van der Waals surface area contributed by atoms with Crippen molar-refractivity contribution < 1.29 is 4.42 Å². The van der Waals surface area contributed by atoms with Gasteiger partial charge in [0.2, 0.25) is 0 Å². The topological polar surface area (TPSA) is 29.3 Å². The summed E-state index contributed by atoms with van der Waals surface area (Å²) in [5.41, 5.74) is 1.15. The molecule has 0 aromatic carbocycles. The first-order valence-corrected chi connectivity index (χ1v) is 5.23. The number of rotatable bonds is 1. The van der Waals surface area contributed by atoms with Crippen LogP contribution in [-0.4, -0.2) is 29.7 Å². The number of thioether (sulfide) groups is 1. The molecule has 1 aliphatic rings. The third-order valence-electron chi connectivity index (χ3n) is 2.08. The van der Waals surface area contributed by atoms with Gasteiger partial charge in [-0.25, -0.2) is 4.98 Å². The molecule has 0 N–H and O–H groups in total. The molecule has 2 heterocycles. The number of likely N-dealkylation sites (N-methyl/N-ethyl adjacent to an activating group) is 1. The van der Waals surface area contributed by atoms with Gasteiger partial charge in [-0.05, 0) is 13.3 Å². The van der Waals surface area contributed by atoms with E-state index >= 15 is 0 Å². The van der Waals surface area contributed by atoms with Gasteiger partial charge in [0.1, 0.15) is 5.76 Å². The van der Waals surface area contributed by atoms with E-state index in [1.54, 1.807) is 11.8 Å². The third kappa shape index (κ3) is 1.36. The Bertz CT molecular complexity index is 285. The van der Waals surface area contributed by atoms with Crippen molar-refractivity contribution in [3.63, 3.8) is 0 Å². The zero-order valence-electron chi connectivity index (χ0n) is 7.33. The third-order valence-corrected chi connectivity index (χ3v) is 2.60. The molecular weight excluding hydrogens is 172 g/mol. The lowest BCUT2D eigenvalue weighted by atomic mass is 10.2. The number of aromatic nitrogens is 1. The van der Waals surface area contributed by atoms with Crippen molar-refractivity contribution in [2.24, 2.45) is 0 Å². The Morgan fingerprint density at radius 1 is 1.58 bits per heavy atom. The van der Waals surface area contributed by atoms with Crippen molar-refractivity contribution in [1.29, 1.82) is 0 Å². The van der Waals surface area contributed by atoms with Gasteiger partial charge in [-0.3, -0.25) is 4.90 Å². The van der Waals surface area contributed by atoms with E-state index in [0.29, 0.717) is 0 Å². The number of hydrogen-bond donors (Lipinski definition) is 0. The van der Waals surface area contributed by atoms with Crippen LogP contribution in [0.2, 0.25) is 0 Å². The smallest absolute Gasteiger partial charge is 0.255 e. The van der Waals surface area contributed by atoms with Crippen molar-refractivity contribution in [1.82, 2.24) is 9.88 Å². The van der Waals surface area contributed by atoms with Crippen molar-refractivity contribution in [2.45, 2.75) is 18.2 Å². The van der Waals surface area contributed by atoms with E-state index in [2.05, 4.69) is 16.9 Å². The molecule has 0 saturated heterocycles. The van der Waals surface area contributed by atoms with E-state index in [4.69, 9.17) is 4.42 Å². The molecule has 0 bridgehead atoms. The zero-order chi connectivity index (χ0) is 8.55. The van der Waals surface area contributed by atoms with Gasteiger partial charge in [-0.1, -0.05) is 11.8 Å². The molecule has 12 heavy (non-hydrogen) atoms. The molecule has 66 valence electrons. The highest BCUT2D eigenvalue weighted by molar-refractivity contribution is 7.98. The van der Waals surface area contributed by atoms with Gasteiger partial charge >= 0.3 is 0 Å². The van der Waals surface area contributed by atoms with Gasteiger partial charge in [0.25, 0.3) is 5.22 Å². The van der Waals surface area contributed by atoms with Crippen LogP contribution in [0.3, 0.4) is 0 Å². The molecule has 0 saturated carbocycles. The van der Waals surface area contributed by atoms with Crippen molar-refractivity contribution >= 4 is 11.8 Å². The summed E-state index contributed by atoms with van der Waals surface area (Å²) in [5, 5.41) is 0.801. The Labute approximate surface area is 76.1 Å².